The maximum absolute atomic E-state index is 12.3. The molecule has 0 aliphatic carbocycles. The summed E-state index contributed by atoms with van der Waals surface area (Å²) in [6.45, 7) is 0.416. The molecule has 1 saturated heterocycles. The summed E-state index contributed by atoms with van der Waals surface area (Å²) in [6, 6.07) is 3.25. The third-order valence-corrected chi connectivity index (χ3v) is 3.17. The fourth-order valence-electron chi connectivity index (χ4n) is 2.18. The zero-order valence-corrected chi connectivity index (χ0v) is 10.7. The Hall–Kier alpha value is -2.60. The number of pyridine rings is 1. The van der Waals surface area contributed by atoms with Crippen molar-refractivity contribution >= 4 is 11.8 Å². The smallest absolute Gasteiger partial charge is 0.254 e. The Morgan fingerprint density at radius 1 is 1.45 bits per heavy atom. The summed E-state index contributed by atoms with van der Waals surface area (Å²) >= 11 is 0. The molecule has 8 nitrogen and oxygen atoms in total. The fourth-order valence-corrected chi connectivity index (χ4v) is 2.18. The summed E-state index contributed by atoms with van der Waals surface area (Å²) in [6.07, 6.45) is 2.13. The average molecular weight is 275 g/mol. The van der Waals surface area contributed by atoms with Crippen LogP contribution in [0, 0.1) is 0 Å². The van der Waals surface area contributed by atoms with E-state index in [1.165, 1.54) is 4.57 Å². The highest BCUT2D eigenvalue weighted by atomic mass is 16.2. The predicted octanol–water partition coefficient (Wildman–Crippen LogP) is 0.679. The second kappa shape index (κ2) is 6.03. The SMILES string of the molecule is [N-]=[N+]=NCCn1cccc(C2CCC(=O)NC2=O)c1=O. The van der Waals surface area contributed by atoms with Crippen molar-refractivity contribution in [2.24, 2.45) is 5.11 Å². The maximum atomic E-state index is 12.3. The van der Waals surface area contributed by atoms with E-state index in [-0.39, 0.29) is 31.0 Å². The molecule has 1 aliphatic heterocycles. The lowest BCUT2D eigenvalue weighted by molar-refractivity contribution is -0.134. The Labute approximate surface area is 114 Å². The molecule has 1 aromatic heterocycles. The summed E-state index contributed by atoms with van der Waals surface area (Å²) in [5, 5.41) is 5.61. The lowest BCUT2D eigenvalue weighted by atomic mass is 9.91. The summed E-state index contributed by atoms with van der Waals surface area (Å²) in [5.74, 6) is -1.36. The number of nitrogens with one attached hydrogen (secondary N) is 1. The highest BCUT2D eigenvalue weighted by Crippen LogP contribution is 2.21. The summed E-state index contributed by atoms with van der Waals surface area (Å²) in [4.78, 5) is 37.8. The highest BCUT2D eigenvalue weighted by molar-refractivity contribution is 6.00. The summed E-state index contributed by atoms with van der Waals surface area (Å²) < 4.78 is 1.40. The van der Waals surface area contributed by atoms with Crippen LogP contribution in [0.2, 0.25) is 0 Å². The van der Waals surface area contributed by atoms with Crippen molar-refractivity contribution in [1.29, 1.82) is 0 Å². The minimum atomic E-state index is -0.605. The van der Waals surface area contributed by atoms with Gasteiger partial charge >= 0.3 is 0 Å². The third-order valence-electron chi connectivity index (χ3n) is 3.17. The fraction of sp³-hybridized carbons (Fsp3) is 0.417. The molecule has 0 saturated carbocycles. The molecular weight excluding hydrogens is 262 g/mol. The van der Waals surface area contributed by atoms with Gasteiger partial charge in [0.05, 0.1) is 5.92 Å². The van der Waals surface area contributed by atoms with Gasteiger partial charge in [0.15, 0.2) is 0 Å². The van der Waals surface area contributed by atoms with Crippen LogP contribution in [0.25, 0.3) is 10.4 Å². The van der Waals surface area contributed by atoms with E-state index >= 15 is 0 Å². The van der Waals surface area contributed by atoms with Crippen LogP contribution >= 0.6 is 0 Å². The molecule has 0 aromatic carbocycles. The van der Waals surface area contributed by atoms with Crippen LogP contribution in [-0.4, -0.2) is 22.9 Å². The van der Waals surface area contributed by atoms with E-state index in [0.29, 0.717) is 12.0 Å². The van der Waals surface area contributed by atoms with Gasteiger partial charge in [-0.25, -0.2) is 0 Å². The van der Waals surface area contributed by atoms with Gasteiger partial charge in [-0.05, 0) is 18.0 Å². The lowest BCUT2D eigenvalue weighted by Gasteiger charge is -2.21. The summed E-state index contributed by atoms with van der Waals surface area (Å²) in [7, 11) is 0. The third kappa shape index (κ3) is 2.86. The molecule has 1 aliphatic rings. The molecule has 104 valence electrons. The van der Waals surface area contributed by atoms with Crippen molar-refractivity contribution in [3.8, 4) is 0 Å². The Balaban J connectivity index is 2.26. The molecule has 2 rings (SSSR count). The monoisotopic (exact) mass is 275 g/mol. The molecule has 1 atom stereocenters. The van der Waals surface area contributed by atoms with Crippen LogP contribution in [0.15, 0.2) is 28.2 Å². The number of carbonyl (C=O) groups is 2. The summed E-state index contributed by atoms with van der Waals surface area (Å²) in [5.41, 5.74) is 8.28. The van der Waals surface area contributed by atoms with Gasteiger partial charge in [-0.15, -0.1) is 0 Å². The minimum absolute atomic E-state index is 0.162. The first-order valence-corrected chi connectivity index (χ1v) is 6.17. The number of carbonyl (C=O) groups excluding carboxylic acids is 2. The molecule has 2 heterocycles. The molecule has 8 heteroatoms. The van der Waals surface area contributed by atoms with Crippen molar-refractivity contribution < 1.29 is 9.59 Å². The largest absolute Gasteiger partial charge is 0.315 e. The van der Waals surface area contributed by atoms with Crippen molar-refractivity contribution in [2.75, 3.05) is 6.54 Å². The Kier molecular flexibility index (Phi) is 4.17. The zero-order valence-electron chi connectivity index (χ0n) is 10.7. The molecule has 0 radical (unpaired) electrons. The van der Waals surface area contributed by atoms with Gasteiger partial charge in [-0.1, -0.05) is 11.2 Å². The zero-order chi connectivity index (χ0) is 14.5. The van der Waals surface area contributed by atoms with Crippen molar-refractivity contribution in [1.82, 2.24) is 9.88 Å². The molecule has 1 aromatic rings. The number of azide groups is 1. The molecule has 20 heavy (non-hydrogen) atoms. The van der Waals surface area contributed by atoms with Gasteiger partial charge in [-0.2, -0.15) is 0 Å². The van der Waals surface area contributed by atoms with Gasteiger partial charge in [0.2, 0.25) is 11.8 Å². The van der Waals surface area contributed by atoms with Crippen LogP contribution in [-0.2, 0) is 16.1 Å². The standard InChI is InChI=1S/C12H13N5O3/c13-16-14-5-7-17-6-1-2-9(12(17)20)8-3-4-10(18)15-11(8)19/h1-2,6,8H,3-5,7H2,(H,15,18,19). The van der Waals surface area contributed by atoms with Gasteiger partial charge < -0.3 is 4.57 Å². The van der Waals surface area contributed by atoms with E-state index in [1.807, 2.05) is 0 Å². The number of rotatable bonds is 4. The second-order valence-electron chi connectivity index (χ2n) is 4.42. The molecule has 1 unspecified atom stereocenters. The Morgan fingerprint density at radius 3 is 2.95 bits per heavy atom. The Morgan fingerprint density at radius 2 is 2.25 bits per heavy atom. The first kappa shape index (κ1) is 13.8. The molecule has 0 spiro atoms. The number of hydrogen-bond acceptors (Lipinski definition) is 4. The molecule has 1 N–H and O–H groups in total. The van der Waals surface area contributed by atoms with Crippen molar-refractivity contribution in [2.45, 2.75) is 25.3 Å². The quantitative estimate of drug-likeness (QED) is 0.376. The number of amides is 2. The molecule has 2 amide bonds. The van der Waals surface area contributed by atoms with Gasteiger partial charge in [0, 0.05) is 36.2 Å². The van der Waals surface area contributed by atoms with Gasteiger partial charge in [0.1, 0.15) is 0 Å². The van der Waals surface area contributed by atoms with Gasteiger partial charge in [-0.3, -0.25) is 19.7 Å². The highest BCUT2D eigenvalue weighted by Gasteiger charge is 2.29. The predicted molar refractivity (Wildman–Crippen MR) is 69.8 cm³/mol. The topological polar surface area (TPSA) is 117 Å². The lowest BCUT2D eigenvalue weighted by Crippen LogP contribution is -2.41. The average Bonchev–Trinajstić information content (AvgIpc) is 2.42. The van der Waals surface area contributed by atoms with Crippen LogP contribution in [0.5, 0.6) is 0 Å². The van der Waals surface area contributed by atoms with Crippen LogP contribution < -0.4 is 10.9 Å². The van der Waals surface area contributed by atoms with E-state index in [1.54, 1.807) is 18.3 Å². The number of imide groups is 1. The van der Waals surface area contributed by atoms with Gasteiger partial charge in [0.25, 0.3) is 5.56 Å². The van der Waals surface area contributed by atoms with E-state index in [2.05, 4.69) is 15.3 Å². The van der Waals surface area contributed by atoms with E-state index < -0.39 is 11.8 Å². The number of piperidine rings is 1. The Bertz CT molecular complexity index is 645. The van der Waals surface area contributed by atoms with E-state index in [9.17, 15) is 14.4 Å². The van der Waals surface area contributed by atoms with E-state index in [0.717, 1.165) is 0 Å². The first-order chi connectivity index (χ1) is 9.63. The number of hydrogen-bond donors (Lipinski definition) is 1. The van der Waals surface area contributed by atoms with Crippen LogP contribution in [0.1, 0.15) is 24.3 Å². The van der Waals surface area contributed by atoms with Crippen LogP contribution in [0.3, 0.4) is 0 Å². The number of aromatic nitrogens is 1. The minimum Gasteiger partial charge on any atom is -0.315 e. The van der Waals surface area contributed by atoms with E-state index in [4.69, 9.17) is 5.53 Å². The van der Waals surface area contributed by atoms with Crippen molar-refractivity contribution in [3.05, 3.63) is 44.7 Å². The second-order valence-corrected chi connectivity index (χ2v) is 4.42. The number of nitrogens with zero attached hydrogens (tertiary/aromatic N) is 4. The normalized spacial score (nSPS) is 18.3. The first-order valence-electron chi connectivity index (χ1n) is 6.17. The van der Waals surface area contributed by atoms with Crippen molar-refractivity contribution in [3.63, 3.8) is 0 Å². The maximum Gasteiger partial charge on any atom is 0.254 e. The van der Waals surface area contributed by atoms with Crippen LogP contribution in [0.4, 0.5) is 0 Å². The molecule has 0 bridgehead atoms. The molecule has 1 fully saturated rings. The molecular formula is C12H13N5O3.